The van der Waals surface area contributed by atoms with Crippen LogP contribution in [0.3, 0.4) is 0 Å². The van der Waals surface area contributed by atoms with Gasteiger partial charge in [-0.05, 0) is 38.6 Å². The van der Waals surface area contributed by atoms with Crippen LogP contribution in [0, 0.1) is 0 Å². The maximum absolute atomic E-state index is 10.5. The fourth-order valence-electron chi connectivity index (χ4n) is 1.78. The number of halogens is 1. The average molecular weight is 300 g/mol. The number of aliphatic carboxylic acids is 1. The van der Waals surface area contributed by atoms with E-state index < -0.39 is 5.97 Å². The highest BCUT2D eigenvalue weighted by atomic mass is 35.5. The quantitative estimate of drug-likeness (QED) is 0.749. The molecule has 1 atom stereocenters. The number of carbonyl (C=O) groups is 1. The molecule has 0 amide bonds. The summed E-state index contributed by atoms with van der Waals surface area (Å²) in [5.74, 6) is 0.0324. The summed E-state index contributed by atoms with van der Waals surface area (Å²) in [5.41, 5.74) is 1.00. The first kappa shape index (κ1) is 16.8. The maximum Gasteiger partial charge on any atom is 0.304 e. The van der Waals surface area contributed by atoms with Gasteiger partial charge in [0.1, 0.15) is 5.75 Å². The lowest BCUT2D eigenvalue weighted by Crippen LogP contribution is -2.25. The zero-order valence-electron chi connectivity index (χ0n) is 12.2. The molecule has 0 aliphatic carbocycles. The average Bonchev–Trinajstić information content (AvgIpc) is 2.36. The smallest absolute Gasteiger partial charge is 0.304 e. The van der Waals surface area contributed by atoms with E-state index in [1.165, 1.54) is 0 Å². The molecule has 0 aliphatic rings. The molecule has 0 bridgehead atoms. The molecule has 0 radical (unpaired) electrons. The molecule has 0 heterocycles. The van der Waals surface area contributed by atoms with Crippen LogP contribution < -0.4 is 4.74 Å². The maximum atomic E-state index is 10.5. The summed E-state index contributed by atoms with van der Waals surface area (Å²) >= 11 is 6.34. The first-order chi connectivity index (χ1) is 9.38. The van der Waals surface area contributed by atoms with Gasteiger partial charge in [-0.15, -0.1) is 11.6 Å². The molecule has 0 saturated carbocycles. The number of likely N-dealkylation sites (N-methyl/N-ethyl adjacent to an activating group) is 1. The number of nitrogens with zero attached hydrogens (tertiary/aromatic N) is 1. The molecule has 5 heteroatoms. The van der Waals surface area contributed by atoms with Gasteiger partial charge in [0.15, 0.2) is 0 Å². The summed E-state index contributed by atoms with van der Waals surface area (Å²) in [6.45, 7) is 5.07. The predicted molar refractivity (Wildman–Crippen MR) is 80.5 cm³/mol. The van der Waals surface area contributed by atoms with Crippen molar-refractivity contribution in [2.24, 2.45) is 0 Å². The molecule has 20 heavy (non-hydrogen) atoms. The fourth-order valence-corrected chi connectivity index (χ4v) is 2.17. The minimum Gasteiger partial charge on any atom is -0.491 e. The van der Waals surface area contributed by atoms with E-state index in [2.05, 4.69) is 0 Å². The molecule has 0 fully saturated rings. The Hall–Kier alpha value is -1.26. The van der Waals surface area contributed by atoms with Crippen molar-refractivity contribution >= 4 is 17.6 Å². The number of carboxylic acid groups (broad SMARTS) is 1. The second kappa shape index (κ2) is 8.12. The van der Waals surface area contributed by atoms with Crippen molar-refractivity contribution in [2.45, 2.75) is 31.7 Å². The highest BCUT2D eigenvalue weighted by Crippen LogP contribution is 2.24. The molecule has 1 N–H and O–H groups in total. The molecule has 1 rings (SSSR count). The molecule has 0 spiro atoms. The molecule has 4 nitrogen and oxygen atoms in total. The fraction of sp³-hybridized carbons (Fsp3) is 0.533. The van der Waals surface area contributed by atoms with Crippen LogP contribution in [-0.2, 0) is 4.79 Å². The Kier molecular flexibility index (Phi) is 6.82. The van der Waals surface area contributed by atoms with Gasteiger partial charge in [-0.2, -0.15) is 0 Å². The molecular formula is C15H22ClNO3. The summed E-state index contributed by atoms with van der Waals surface area (Å²) in [5, 5.41) is 8.48. The van der Waals surface area contributed by atoms with Crippen molar-refractivity contribution in [1.82, 2.24) is 4.90 Å². The van der Waals surface area contributed by atoms with Gasteiger partial charge in [-0.3, -0.25) is 4.79 Å². The van der Waals surface area contributed by atoms with Crippen LogP contribution in [-0.4, -0.2) is 42.2 Å². The molecule has 1 unspecified atom stereocenters. The summed E-state index contributed by atoms with van der Waals surface area (Å²) in [4.78, 5) is 12.4. The van der Waals surface area contributed by atoms with Crippen molar-refractivity contribution < 1.29 is 14.6 Å². The van der Waals surface area contributed by atoms with Gasteiger partial charge in [0.2, 0.25) is 0 Å². The normalized spacial score (nSPS) is 12.7. The van der Waals surface area contributed by atoms with Gasteiger partial charge < -0.3 is 14.7 Å². The second-order valence-electron chi connectivity index (χ2n) is 5.11. The summed E-state index contributed by atoms with van der Waals surface area (Å²) < 4.78 is 5.58. The highest BCUT2D eigenvalue weighted by Gasteiger charge is 2.12. The lowest BCUT2D eigenvalue weighted by atomic mass is 10.1. The number of benzene rings is 1. The van der Waals surface area contributed by atoms with Gasteiger partial charge in [-0.25, -0.2) is 0 Å². The number of hydrogen-bond acceptors (Lipinski definition) is 3. The van der Waals surface area contributed by atoms with Crippen molar-refractivity contribution in [3.05, 3.63) is 29.8 Å². The van der Waals surface area contributed by atoms with Crippen molar-refractivity contribution in [3.63, 3.8) is 0 Å². The van der Waals surface area contributed by atoms with Crippen molar-refractivity contribution in [3.8, 4) is 5.75 Å². The standard InChI is InChI=1S/C15H22ClNO3/c1-11(2)20-13-6-4-12(5-7-13)14(16)10-17(3)9-8-15(18)19/h4-7,11,14H,8-10H2,1-3H3,(H,18,19). The molecular weight excluding hydrogens is 278 g/mol. The van der Waals surface area contributed by atoms with Crippen LogP contribution in [0.4, 0.5) is 0 Å². The van der Waals surface area contributed by atoms with Gasteiger partial charge in [-0.1, -0.05) is 12.1 Å². The molecule has 1 aromatic rings. The van der Waals surface area contributed by atoms with E-state index in [-0.39, 0.29) is 17.9 Å². The Labute approximate surface area is 125 Å². The van der Waals surface area contributed by atoms with Gasteiger partial charge in [0, 0.05) is 13.1 Å². The largest absolute Gasteiger partial charge is 0.491 e. The van der Waals surface area contributed by atoms with Crippen LogP contribution in [0.2, 0.25) is 0 Å². The third-order valence-corrected chi connectivity index (χ3v) is 3.18. The zero-order valence-corrected chi connectivity index (χ0v) is 12.9. The Morgan fingerprint density at radius 3 is 2.45 bits per heavy atom. The zero-order chi connectivity index (χ0) is 15.1. The van der Waals surface area contributed by atoms with E-state index in [0.717, 1.165) is 11.3 Å². The van der Waals surface area contributed by atoms with Crippen LogP contribution >= 0.6 is 11.6 Å². The number of hydrogen-bond donors (Lipinski definition) is 1. The Bertz CT molecular complexity index is 420. The minimum atomic E-state index is -0.793. The van der Waals surface area contributed by atoms with Crippen LogP contribution in [0.5, 0.6) is 5.75 Å². The predicted octanol–water partition coefficient (Wildman–Crippen LogP) is 3.16. The second-order valence-corrected chi connectivity index (χ2v) is 5.64. The topological polar surface area (TPSA) is 49.8 Å². The van der Waals surface area contributed by atoms with E-state index in [1.54, 1.807) is 0 Å². The number of alkyl halides is 1. The first-order valence-electron chi connectivity index (χ1n) is 6.69. The lowest BCUT2D eigenvalue weighted by molar-refractivity contribution is -0.137. The molecule has 1 aromatic carbocycles. The number of ether oxygens (including phenoxy) is 1. The summed E-state index contributed by atoms with van der Waals surface area (Å²) in [6, 6.07) is 7.70. The van der Waals surface area contributed by atoms with Crippen LogP contribution in [0.1, 0.15) is 31.2 Å². The first-order valence-corrected chi connectivity index (χ1v) is 7.13. The third-order valence-electron chi connectivity index (χ3n) is 2.79. The van der Waals surface area contributed by atoms with Crippen molar-refractivity contribution in [1.29, 1.82) is 0 Å². The SMILES string of the molecule is CC(C)Oc1ccc(C(Cl)CN(C)CCC(=O)O)cc1. The summed E-state index contributed by atoms with van der Waals surface area (Å²) in [6.07, 6.45) is 0.274. The molecule has 0 aliphatic heterocycles. The van der Waals surface area contributed by atoms with Crippen LogP contribution in [0.15, 0.2) is 24.3 Å². The van der Waals surface area contributed by atoms with Crippen molar-refractivity contribution in [2.75, 3.05) is 20.1 Å². The Morgan fingerprint density at radius 1 is 1.35 bits per heavy atom. The van der Waals surface area contributed by atoms with E-state index >= 15 is 0 Å². The van der Waals surface area contributed by atoms with Gasteiger partial charge in [0.05, 0.1) is 17.9 Å². The number of carboxylic acids is 1. The molecule has 0 aromatic heterocycles. The minimum absolute atomic E-state index is 0.126. The third kappa shape index (κ3) is 6.26. The Morgan fingerprint density at radius 2 is 1.95 bits per heavy atom. The van der Waals surface area contributed by atoms with E-state index in [0.29, 0.717) is 13.1 Å². The van der Waals surface area contributed by atoms with Crippen LogP contribution in [0.25, 0.3) is 0 Å². The van der Waals surface area contributed by atoms with E-state index in [1.807, 2.05) is 50.1 Å². The molecule has 112 valence electrons. The number of rotatable bonds is 8. The summed E-state index contributed by atoms with van der Waals surface area (Å²) in [7, 11) is 1.87. The highest BCUT2D eigenvalue weighted by molar-refractivity contribution is 6.21. The van der Waals surface area contributed by atoms with Gasteiger partial charge in [0.25, 0.3) is 0 Å². The Balaban J connectivity index is 2.50. The lowest BCUT2D eigenvalue weighted by Gasteiger charge is -2.19. The van der Waals surface area contributed by atoms with Gasteiger partial charge >= 0.3 is 5.97 Å². The van der Waals surface area contributed by atoms with E-state index in [4.69, 9.17) is 21.4 Å². The molecule has 0 saturated heterocycles. The monoisotopic (exact) mass is 299 g/mol. The van der Waals surface area contributed by atoms with E-state index in [9.17, 15) is 4.79 Å².